The van der Waals surface area contributed by atoms with E-state index in [2.05, 4.69) is 38.2 Å². The van der Waals surface area contributed by atoms with Gasteiger partial charge in [-0.15, -0.1) is 0 Å². The number of aromatic nitrogens is 3. The Balaban J connectivity index is 1.90. The summed E-state index contributed by atoms with van der Waals surface area (Å²) < 4.78 is 7.34. The third-order valence-corrected chi connectivity index (χ3v) is 5.67. The minimum atomic E-state index is 0.453. The van der Waals surface area contributed by atoms with Crippen molar-refractivity contribution in [3.05, 3.63) is 41.2 Å². The maximum absolute atomic E-state index is 5.31. The highest BCUT2D eigenvalue weighted by Crippen LogP contribution is 2.35. The highest BCUT2D eigenvalue weighted by atomic mass is 16.5. The lowest BCUT2D eigenvalue weighted by atomic mass is 10.1. The summed E-state index contributed by atoms with van der Waals surface area (Å²) in [6, 6.07) is 8.62. The van der Waals surface area contributed by atoms with Crippen LogP contribution in [-0.2, 0) is 12.8 Å². The molecular formula is C22H28N4O. The van der Waals surface area contributed by atoms with E-state index in [0.29, 0.717) is 6.04 Å². The van der Waals surface area contributed by atoms with Gasteiger partial charge < -0.3 is 10.1 Å². The fraction of sp³-hybridized carbons (Fsp3) is 0.455. The molecule has 0 saturated carbocycles. The van der Waals surface area contributed by atoms with E-state index < -0.39 is 0 Å². The monoisotopic (exact) mass is 364 g/mol. The third-order valence-electron chi connectivity index (χ3n) is 5.67. The van der Waals surface area contributed by atoms with Crippen LogP contribution in [0.3, 0.4) is 0 Å². The van der Waals surface area contributed by atoms with Crippen molar-refractivity contribution in [2.24, 2.45) is 0 Å². The molecule has 0 radical (unpaired) electrons. The Morgan fingerprint density at radius 2 is 1.89 bits per heavy atom. The van der Waals surface area contributed by atoms with Crippen LogP contribution >= 0.6 is 0 Å². The molecule has 1 aliphatic carbocycles. The molecule has 2 aromatic heterocycles. The molecule has 0 saturated heterocycles. The van der Waals surface area contributed by atoms with Gasteiger partial charge in [0.05, 0.1) is 12.8 Å². The first kappa shape index (κ1) is 17.8. The summed E-state index contributed by atoms with van der Waals surface area (Å²) in [6.07, 6.45) is 5.50. The molecule has 4 rings (SSSR count). The molecule has 0 amide bonds. The van der Waals surface area contributed by atoms with Gasteiger partial charge in [0.15, 0.2) is 5.65 Å². The van der Waals surface area contributed by atoms with E-state index in [-0.39, 0.29) is 0 Å². The van der Waals surface area contributed by atoms with E-state index in [0.717, 1.165) is 59.7 Å². The molecule has 3 aromatic rings. The summed E-state index contributed by atoms with van der Waals surface area (Å²) in [5.41, 5.74) is 6.77. The fourth-order valence-corrected chi connectivity index (χ4v) is 4.07. The van der Waals surface area contributed by atoms with Crippen LogP contribution in [0.1, 0.15) is 50.1 Å². The van der Waals surface area contributed by atoms with Gasteiger partial charge >= 0.3 is 0 Å². The molecule has 5 nitrogen and oxygen atoms in total. The average Bonchev–Trinajstić information content (AvgIpc) is 3.29. The Morgan fingerprint density at radius 1 is 1.15 bits per heavy atom. The first-order chi connectivity index (χ1) is 13.2. The summed E-state index contributed by atoms with van der Waals surface area (Å²) in [4.78, 5) is 5.04. The predicted octanol–water partition coefficient (Wildman–Crippen LogP) is 4.80. The number of hydrogen-bond donors (Lipinski definition) is 1. The number of nitrogens with one attached hydrogen (secondary N) is 1. The van der Waals surface area contributed by atoms with E-state index in [9.17, 15) is 0 Å². The lowest BCUT2D eigenvalue weighted by molar-refractivity contribution is 0.415. The van der Waals surface area contributed by atoms with Crippen molar-refractivity contribution in [1.29, 1.82) is 0 Å². The van der Waals surface area contributed by atoms with Crippen LogP contribution < -0.4 is 10.1 Å². The molecule has 0 unspecified atom stereocenters. The summed E-state index contributed by atoms with van der Waals surface area (Å²) in [6.45, 7) is 6.54. The minimum absolute atomic E-state index is 0.453. The van der Waals surface area contributed by atoms with Crippen molar-refractivity contribution in [3.63, 3.8) is 0 Å². The number of benzene rings is 1. The zero-order valence-corrected chi connectivity index (χ0v) is 16.7. The molecule has 0 bridgehead atoms. The second-order valence-corrected chi connectivity index (χ2v) is 7.32. The van der Waals surface area contributed by atoms with Crippen molar-refractivity contribution >= 4 is 11.5 Å². The van der Waals surface area contributed by atoms with Gasteiger partial charge in [-0.1, -0.05) is 26.0 Å². The Bertz CT molecular complexity index is 955. The number of anilines is 1. The van der Waals surface area contributed by atoms with E-state index >= 15 is 0 Å². The molecule has 1 N–H and O–H groups in total. The molecule has 1 aromatic carbocycles. The molecular weight excluding hydrogens is 336 g/mol. The standard InChI is InChI=1S/C22H28N4O/c1-5-16(6-2)23-21-18-8-7-9-19(18)24-22-20(14(3)25-26(21)22)15-10-12-17(27-4)13-11-15/h10-13,16,23H,5-9H2,1-4H3. The van der Waals surface area contributed by atoms with Crippen LogP contribution in [0.4, 0.5) is 5.82 Å². The van der Waals surface area contributed by atoms with Crippen molar-refractivity contribution in [3.8, 4) is 16.9 Å². The normalized spacial score (nSPS) is 13.4. The van der Waals surface area contributed by atoms with Gasteiger partial charge in [-0.05, 0) is 56.7 Å². The zero-order chi connectivity index (χ0) is 19.0. The van der Waals surface area contributed by atoms with Crippen molar-refractivity contribution in [2.75, 3.05) is 12.4 Å². The maximum atomic E-state index is 5.31. The van der Waals surface area contributed by atoms with E-state index in [1.165, 1.54) is 17.7 Å². The highest BCUT2D eigenvalue weighted by molar-refractivity contribution is 5.81. The number of aryl methyl sites for hydroxylation is 2. The quantitative estimate of drug-likeness (QED) is 0.682. The number of hydrogen-bond acceptors (Lipinski definition) is 4. The van der Waals surface area contributed by atoms with Gasteiger partial charge in [-0.2, -0.15) is 9.61 Å². The minimum Gasteiger partial charge on any atom is -0.497 e. The Hall–Kier alpha value is -2.56. The summed E-state index contributed by atoms with van der Waals surface area (Å²) in [5.74, 6) is 2.00. The van der Waals surface area contributed by atoms with Crippen LogP contribution in [0.2, 0.25) is 0 Å². The van der Waals surface area contributed by atoms with Gasteiger partial charge in [0.1, 0.15) is 11.6 Å². The number of fused-ring (bicyclic) bond motifs is 2. The van der Waals surface area contributed by atoms with E-state index in [1.54, 1.807) is 7.11 Å². The largest absolute Gasteiger partial charge is 0.497 e. The van der Waals surface area contributed by atoms with Gasteiger partial charge in [-0.25, -0.2) is 4.98 Å². The zero-order valence-electron chi connectivity index (χ0n) is 16.7. The van der Waals surface area contributed by atoms with Crippen molar-refractivity contribution < 1.29 is 4.74 Å². The SMILES string of the molecule is CCC(CC)Nc1c2c(nc3c(-c4ccc(OC)cc4)c(C)nn13)CCC2. The van der Waals surface area contributed by atoms with Gasteiger partial charge in [0.25, 0.3) is 0 Å². The first-order valence-electron chi connectivity index (χ1n) is 9.98. The van der Waals surface area contributed by atoms with Crippen molar-refractivity contribution in [1.82, 2.24) is 14.6 Å². The van der Waals surface area contributed by atoms with Gasteiger partial charge in [-0.3, -0.25) is 0 Å². The Kier molecular flexibility index (Phi) is 4.77. The molecule has 1 aliphatic rings. The molecule has 0 atom stereocenters. The number of methoxy groups -OCH3 is 1. The lowest BCUT2D eigenvalue weighted by Gasteiger charge is -2.19. The number of nitrogens with zero attached hydrogens (tertiary/aromatic N) is 3. The van der Waals surface area contributed by atoms with Gasteiger partial charge in [0, 0.05) is 22.9 Å². The summed E-state index contributed by atoms with van der Waals surface area (Å²) >= 11 is 0. The van der Waals surface area contributed by atoms with Crippen LogP contribution in [0.25, 0.3) is 16.8 Å². The Labute approximate surface area is 160 Å². The van der Waals surface area contributed by atoms with Crippen LogP contribution in [0.5, 0.6) is 5.75 Å². The van der Waals surface area contributed by atoms with Crippen LogP contribution in [-0.4, -0.2) is 27.7 Å². The molecule has 142 valence electrons. The molecule has 0 aliphatic heterocycles. The second-order valence-electron chi connectivity index (χ2n) is 7.32. The summed E-state index contributed by atoms with van der Waals surface area (Å²) in [7, 11) is 1.69. The molecule has 0 fully saturated rings. The molecule has 5 heteroatoms. The van der Waals surface area contributed by atoms with E-state index in [1.807, 2.05) is 16.6 Å². The number of ether oxygens (including phenoxy) is 1. The molecule has 27 heavy (non-hydrogen) atoms. The fourth-order valence-electron chi connectivity index (χ4n) is 4.07. The maximum Gasteiger partial charge on any atom is 0.165 e. The third kappa shape index (κ3) is 3.05. The second kappa shape index (κ2) is 7.22. The molecule has 2 heterocycles. The summed E-state index contributed by atoms with van der Waals surface area (Å²) in [5, 5.41) is 8.66. The van der Waals surface area contributed by atoms with E-state index in [4.69, 9.17) is 14.8 Å². The van der Waals surface area contributed by atoms with Gasteiger partial charge in [0.2, 0.25) is 0 Å². The van der Waals surface area contributed by atoms with Crippen molar-refractivity contribution in [2.45, 2.75) is 58.9 Å². The predicted molar refractivity (Wildman–Crippen MR) is 110 cm³/mol. The smallest absolute Gasteiger partial charge is 0.165 e. The molecule has 0 spiro atoms. The highest BCUT2D eigenvalue weighted by Gasteiger charge is 2.25. The first-order valence-corrected chi connectivity index (χ1v) is 9.98. The lowest BCUT2D eigenvalue weighted by Crippen LogP contribution is -2.21. The topological polar surface area (TPSA) is 51.5 Å². The average molecular weight is 364 g/mol. The van der Waals surface area contributed by atoms with Crippen LogP contribution in [0.15, 0.2) is 24.3 Å². The van der Waals surface area contributed by atoms with Crippen LogP contribution in [0, 0.1) is 6.92 Å². The Morgan fingerprint density at radius 3 is 2.56 bits per heavy atom. The number of rotatable bonds is 6.